The van der Waals surface area contributed by atoms with Crippen LogP contribution in [0, 0.1) is 10.1 Å². The van der Waals surface area contributed by atoms with E-state index in [9.17, 15) is 10.1 Å². The molecule has 6 heteroatoms. The van der Waals surface area contributed by atoms with Gasteiger partial charge in [0, 0.05) is 50.2 Å². The van der Waals surface area contributed by atoms with E-state index in [1.807, 2.05) is 44.2 Å². The van der Waals surface area contributed by atoms with Crippen LogP contribution in [0.5, 0.6) is 0 Å². The van der Waals surface area contributed by atoms with Gasteiger partial charge in [-0.15, -0.1) is 0 Å². The fourth-order valence-electron chi connectivity index (χ4n) is 2.52. The van der Waals surface area contributed by atoms with Gasteiger partial charge in [-0.1, -0.05) is 19.9 Å². The third-order valence-electron chi connectivity index (χ3n) is 3.68. The Labute approximate surface area is 136 Å². The third-order valence-corrected chi connectivity index (χ3v) is 3.68. The number of hydrogen-bond donors (Lipinski definition) is 0. The predicted molar refractivity (Wildman–Crippen MR) is 93.1 cm³/mol. The van der Waals surface area contributed by atoms with Gasteiger partial charge in [-0.25, -0.2) is 4.98 Å². The van der Waals surface area contributed by atoms with E-state index >= 15 is 0 Å². The van der Waals surface area contributed by atoms with Gasteiger partial charge in [0.15, 0.2) is 0 Å². The summed E-state index contributed by atoms with van der Waals surface area (Å²) in [5, 5.41) is 10.7. The second-order valence-corrected chi connectivity index (χ2v) is 4.94. The Kier molecular flexibility index (Phi) is 5.91. The number of benzene rings is 1. The number of aromatic nitrogens is 1. The second kappa shape index (κ2) is 8.12. The lowest BCUT2D eigenvalue weighted by molar-refractivity contribution is -0.384. The van der Waals surface area contributed by atoms with Gasteiger partial charge in [0.2, 0.25) is 0 Å². The molecule has 1 saturated heterocycles. The molecule has 0 spiro atoms. The van der Waals surface area contributed by atoms with E-state index in [2.05, 4.69) is 14.8 Å². The molecule has 0 N–H and O–H groups in total. The first-order valence-corrected chi connectivity index (χ1v) is 7.89. The van der Waals surface area contributed by atoms with Crippen molar-refractivity contribution in [1.29, 1.82) is 0 Å². The van der Waals surface area contributed by atoms with Crippen LogP contribution in [0.2, 0.25) is 0 Å². The zero-order chi connectivity index (χ0) is 16.7. The number of nitro benzene ring substituents is 1. The first-order valence-electron chi connectivity index (χ1n) is 7.89. The van der Waals surface area contributed by atoms with Gasteiger partial charge in [0.1, 0.15) is 5.82 Å². The minimum absolute atomic E-state index is 0.130. The number of nitrogens with zero attached hydrogens (tertiary/aromatic N) is 4. The summed E-state index contributed by atoms with van der Waals surface area (Å²) in [6.45, 7) is 7.56. The molecule has 2 heterocycles. The Hall–Kier alpha value is -2.63. The average Bonchev–Trinajstić information content (AvgIpc) is 2.64. The fraction of sp³-hybridized carbons (Fsp3) is 0.353. The summed E-state index contributed by atoms with van der Waals surface area (Å²) in [6.07, 6.45) is 1.80. The van der Waals surface area contributed by atoms with Crippen LogP contribution in [-0.2, 0) is 0 Å². The molecule has 0 unspecified atom stereocenters. The van der Waals surface area contributed by atoms with Gasteiger partial charge in [-0.3, -0.25) is 10.1 Å². The Balaban J connectivity index is 0.000000924. The van der Waals surface area contributed by atoms with Gasteiger partial charge in [0.25, 0.3) is 5.69 Å². The highest BCUT2D eigenvalue weighted by molar-refractivity contribution is 5.52. The number of hydrogen-bond acceptors (Lipinski definition) is 5. The van der Waals surface area contributed by atoms with E-state index < -0.39 is 0 Å². The van der Waals surface area contributed by atoms with E-state index in [4.69, 9.17) is 0 Å². The lowest BCUT2D eigenvalue weighted by Gasteiger charge is -2.36. The third kappa shape index (κ3) is 4.18. The summed E-state index contributed by atoms with van der Waals surface area (Å²) in [7, 11) is 0. The Morgan fingerprint density at radius 3 is 2.09 bits per heavy atom. The smallest absolute Gasteiger partial charge is 0.269 e. The molecule has 1 aromatic heterocycles. The lowest BCUT2D eigenvalue weighted by Crippen LogP contribution is -2.46. The molecule has 2 aromatic rings. The quantitative estimate of drug-likeness (QED) is 0.642. The SMILES string of the molecule is CC.O=[N+]([O-])c1ccc(N2CCN(c3ccccn3)CC2)cc1. The molecule has 6 nitrogen and oxygen atoms in total. The maximum Gasteiger partial charge on any atom is 0.269 e. The van der Waals surface area contributed by atoms with Crippen LogP contribution in [-0.4, -0.2) is 36.1 Å². The van der Waals surface area contributed by atoms with Crippen LogP contribution in [0.15, 0.2) is 48.7 Å². The molecule has 0 radical (unpaired) electrons. The molecule has 0 saturated carbocycles. The summed E-state index contributed by atoms with van der Waals surface area (Å²) in [5.41, 5.74) is 1.16. The number of non-ortho nitro benzene ring substituents is 1. The summed E-state index contributed by atoms with van der Waals surface area (Å²) < 4.78 is 0. The van der Waals surface area contributed by atoms with Gasteiger partial charge >= 0.3 is 0 Å². The summed E-state index contributed by atoms with van der Waals surface area (Å²) in [5.74, 6) is 1.00. The molecule has 0 atom stereocenters. The summed E-state index contributed by atoms with van der Waals surface area (Å²) in [4.78, 5) is 19.1. The molecule has 0 amide bonds. The van der Waals surface area contributed by atoms with Gasteiger partial charge < -0.3 is 9.80 Å². The normalized spacial score (nSPS) is 14.0. The summed E-state index contributed by atoms with van der Waals surface area (Å²) in [6, 6.07) is 12.7. The van der Waals surface area contributed by atoms with Crippen LogP contribution >= 0.6 is 0 Å². The van der Waals surface area contributed by atoms with E-state index in [0.29, 0.717) is 0 Å². The van der Waals surface area contributed by atoms with Crippen molar-refractivity contribution in [3.8, 4) is 0 Å². The molecule has 23 heavy (non-hydrogen) atoms. The van der Waals surface area contributed by atoms with Crippen molar-refractivity contribution in [3.63, 3.8) is 0 Å². The Morgan fingerprint density at radius 1 is 0.957 bits per heavy atom. The lowest BCUT2D eigenvalue weighted by atomic mass is 10.2. The molecular formula is C17H22N4O2. The topological polar surface area (TPSA) is 62.5 Å². The standard InChI is InChI=1S/C15H16N4O2.C2H6/c20-19(21)14-6-4-13(5-7-14)17-9-11-18(12-10-17)15-3-1-2-8-16-15;1-2/h1-8H,9-12H2;1-2H3. The van der Waals surface area contributed by atoms with Gasteiger partial charge in [0.05, 0.1) is 4.92 Å². The summed E-state index contributed by atoms with van der Waals surface area (Å²) >= 11 is 0. The maximum absolute atomic E-state index is 10.7. The van der Waals surface area contributed by atoms with Crippen LogP contribution in [0.1, 0.15) is 13.8 Å². The van der Waals surface area contributed by atoms with Crippen molar-refractivity contribution in [2.75, 3.05) is 36.0 Å². The van der Waals surface area contributed by atoms with E-state index in [0.717, 1.165) is 37.7 Å². The number of piperazine rings is 1. The highest BCUT2D eigenvalue weighted by Crippen LogP contribution is 2.21. The van der Waals surface area contributed by atoms with Crippen LogP contribution in [0.4, 0.5) is 17.2 Å². The number of rotatable bonds is 3. The van der Waals surface area contributed by atoms with Crippen LogP contribution in [0.25, 0.3) is 0 Å². The van der Waals surface area contributed by atoms with Crippen molar-refractivity contribution < 1.29 is 4.92 Å². The maximum atomic E-state index is 10.7. The van der Waals surface area contributed by atoms with Gasteiger partial charge in [-0.05, 0) is 24.3 Å². The molecule has 1 aromatic carbocycles. The van der Waals surface area contributed by atoms with Crippen molar-refractivity contribution in [2.24, 2.45) is 0 Å². The minimum atomic E-state index is -0.372. The van der Waals surface area contributed by atoms with E-state index in [1.165, 1.54) is 0 Å². The Bertz CT molecular complexity index is 608. The first-order chi connectivity index (χ1) is 11.2. The molecule has 122 valence electrons. The van der Waals surface area contributed by atoms with Crippen LogP contribution < -0.4 is 9.80 Å². The minimum Gasteiger partial charge on any atom is -0.368 e. The monoisotopic (exact) mass is 314 g/mol. The molecule has 0 bridgehead atoms. The zero-order valence-electron chi connectivity index (χ0n) is 13.6. The molecule has 1 aliphatic heterocycles. The first kappa shape index (κ1) is 16.7. The predicted octanol–water partition coefficient (Wildman–Crippen LogP) is 3.34. The highest BCUT2D eigenvalue weighted by atomic mass is 16.6. The largest absolute Gasteiger partial charge is 0.368 e. The zero-order valence-corrected chi connectivity index (χ0v) is 13.6. The molecule has 0 aliphatic carbocycles. The van der Waals surface area contributed by atoms with Crippen molar-refractivity contribution in [3.05, 3.63) is 58.8 Å². The fourth-order valence-corrected chi connectivity index (χ4v) is 2.52. The Morgan fingerprint density at radius 2 is 1.57 bits per heavy atom. The molecule has 1 fully saturated rings. The molecule has 3 rings (SSSR count). The number of nitro groups is 1. The highest BCUT2D eigenvalue weighted by Gasteiger charge is 2.18. The number of anilines is 2. The van der Waals surface area contributed by atoms with Crippen molar-refractivity contribution >= 4 is 17.2 Å². The van der Waals surface area contributed by atoms with Crippen molar-refractivity contribution in [1.82, 2.24) is 4.98 Å². The average molecular weight is 314 g/mol. The second-order valence-electron chi connectivity index (χ2n) is 4.94. The van der Waals surface area contributed by atoms with E-state index in [-0.39, 0.29) is 10.6 Å². The number of pyridine rings is 1. The van der Waals surface area contributed by atoms with Crippen molar-refractivity contribution in [2.45, 2.75) is 13.8 Å². The van der Waals surface area contributed by atoms with Crippen LogP contribution in [0.3, 0.4) is 0 Å². The molecular weight excluding hydrogens is 292 g/mol. The molecule has 1 aliphatic rings. The van der Waals surface area contributed by atoms with E-state index in [1.54, 1.807) is 18.3 Å². The van der Waals surface area contributed by atoms with Gasteiger partial charge in [-0.2, -0.15) is 0 Å².